The molecule has 25 heavy (non-hydrogen) atoms. The minimum Gasteiger partial charge on any atom is -0.341 e. The molecule has 0 bridgehead atoms. The van der Waals surface area contributed by atoms with E-state index in [1.165, 1.54) is 0 Å². The van der Waals surface area contributed by atoms with E-state index in [2.05, 4.69) is 6.07 Å². The molecule has 0 spiro atoms. The lowest BCUT2D eigenvalue weighted by Crippen LogP contribution is -2.49. The molecule has 1 atom stereocenters. The Balaban J connectivity index is 1.66. The smallest absolute Gasteiger partial charge is 0.246 e. The summed E-state index contributed by atoms with van der Waals surface area (Å²) < 4.78 is 0. The lowest BCUT2D eigenvalue weighted by Gasteiger charge is -2.37. The molecule has 2 amide bonds. The van der Waals surface area contributed by atoms with Gasteiger partial charge in [-0.2, -0.15) is 5.26 Å². The monoisotopic (exact) mass is 337 g/mol. The van der Waals surface area contributed by atoms with E-state index >= 15 is 0 Å². The first kappa shape index (κ1) is 17.2. The van der Waals surface area contributed by atoms with Crippen molar-refractivity contribution in [2.45, 2.75) is 38.1 Å². The normalized spacial score (nSPS) is 20.9. The van der Waals surface area contributed by atoms with Crippen LogP contribution in [0.5, 0.6) is 0 Å². The van der Waals surface area contributed by atoms with Gasteiger partial charge < -0.3 is 9.80 Å². The van der Waals surface area contributed by atoms with Crippen LogP contribution in [-0.2, 0) is 9.59 Å². The van der Waals surface area contributed by atoms with Gasteiger partial charge >= 0.3 is 0 Å². The topological polar surface area (TPSA) is 64.4 Å². The average Bonchev–Trinajstić information content (AvgIpc) is 3.05. The van der Waals surface area contributed by atoms with E-state index in [-0.39, 0.29) is 17.9 Å². The molecule has 1 unspecified atom stereocenters. The van der Waals surface area contributed by atoms with Crippen LogP contribution >= 0.6 is 0 Å². The van der Waals surface area contributed by atoms with Crippen LogP contribution in [0.2, 0.25) is 0 Å². The van der Waals surface area contributed by atoms with Gasteiger partial charge in [0, 0.05) is 38.2 Å². The number of hydrogen-bond acceptors (Lipinski definition) is 3. The maximum absolute atomic E-state index is 12.7. The number of likely N-dealkylation sites (tertiary alicyclic amines) is 2. The number of rotatable bonds is 4. The van der Waals surface area contributed by atoms with Crippen molar-refractivity contribution in [3.05, 3.63) is 41.5 Å². The van der Waals surface area contributed by atoms with Crippen molar-refractivity contribution in [1.82, 2.24) is 9.80 Å². The number of carbonyl (C=O) groups excluding carboxylic acids is 2. The first-order valence-electron chi connectivity index (χ1n) is 8.94. The maximum Gasteiger partial charge on any atom is 0.246 e. The van der Waals surface area contributed by atoms with Gasteiger partial charge in [-0.3, -0.25) is 9.59 Å². The summed E-state index contributed by atoms with van der Waals surface area (Å²) in [6.45, 7) is 2.21. The molecule has 1 aromatic rings. The number of benzene rings is 1. The third-order valence-corrected chi connectivity index (χ3v) is 4.95. The first-order valence-corrected chi connectivity index (χ1v) is 8.94. The maximum atomic E-state index is 12.7. The Morgan fingerprint density at radius 1 is 1.28 bits per heavy atom. The van der Waals surface area contributed by atoms with Crippen LogP contribution in [0.25, 0.3) is 6.08 Å². The third-order valence-electron chi connectivity index (χ3n) is 4.95. The Kier molecular flexibility index (Phi) is 5.49. The fourth-order valence-electron chi connectivity index (χ4n) is 3.61. The van der Waals surface area contributed by atoms with Gasteiger partial charge in [-0.05, 0) is 49.5 Å². The van der Waals surface area contributed by atoms with Gasteiger partial charge in [0.1, 0.15) is 0 Å². The zero-order chi connectivity index (χ0) is 17.6. The van der Waals surface area contributed by atoms with Crippen LogP contribution < -0.4 is 0 Å². The van der Waals surface area contributed by atoms with Crippen molar-refractivity contribution in [1.29, 1.82) is 5.26 Å². The number of carbonyl (C=O) groups is 2. The zero-order valence-electron chi connectivity index (χ0n) is 14.4. The predicted molar refractivity (Wildman–Crippen MR) is 95.4 cm³/mol. The molecular weight excluding hydrogens is 314 g/mol. The van der Waals surface area contributed by atoms with Crippen LogP contribution in [0.4, 0.5) is 0 Å². The quantitative estimate of drug-likeness (QED) is 0.793. The lowest BCUT2D eigenvalue weighted by molar-refractivity contribution is -0.134. The summed E-state index contributed by atoms with van der Waals surface area (Å²) in [4.78, 5) is 28.3. The Labute approximate surface area is 148 Å². The van der Waals surface area contributed by atoms with Crippen molar-refractivity contribution in [2.24, 2.45) is 0 Å². The van der Waals surface area contributed by atoms with Crippen LogP contribution in [0.15, 0.2) is 30.3 Å². The molecule has 1 aromatic carbocycles. The largest absolute Gasteiger partial charge is 0.341 e. The van der Waals surface area contributed by atoms with E-state index in [1.54, 1.807) is 24.3 Å². The first-order chi connectivity index (χ1) is 12.2. The average molecular weight is 337 g/mol. The number of piperidine rings is 1. The molecule has 130 valence electrons. The molecule has 0 saturated carbocycles. The van der Waals surface area contributed by atoms with E-state index in [0.717, 1.165) is 44.3 Å². The van der Waals surface area contributed by atoms with Gasteiger partial charge in [0.05, 0.1) is 11.6 Å². The van der Waals surface area contributed by atoms with Crippen molar-refractivity contribution >= 4 is 17.9 Å². The summed E-state index contributed by atoms with van der Waals surface area (Å²) in [5, 5.41) is 8.95. The van der Waals surface area contributed by atoms with E-state index in [0.29, 0.717) is 18.5 Å². The van der Waals surface area contributed by atoms with Gasteiger partial charge in [0.15, 0.2) is 0 Å². The van der Waals surface area contributed by atoms with E-state index in [9.17, 15) is 9.59 Å². The van der Waals surface area contributed by atoms with Crippen LogP contribution in [0, 0.1) is 11.3 Å². The summed E-state index contributed by atoms with van der Waals surface area (Å²) >= 11 is 0. The summed E-state index contributed by atoms with van der Waals surface area (Å²) in [5.41, 5.74) is 1.42. The van der Waals surface area contributed by atoms with Gasteiger partial charge in [0.2, 0.25) is 11.8 Å². The van der Waals surface area contributed by atoms with Gasteiger partial charge in [0.25, 0.3) is 0 Å². The van der Waals surface area contributed by atoms with Crippen LogP contribution in [-0.4, -0.2) is 47.3 Å². The highest BCUT2D eigenvalue weighted by Gasteiger charge is 2.30. The van der Waals surface area contributed by atoms with E-state index in [4.69, 9.17) is 5.26 Å². The number of amides is 2. The molecule has 2 fully saturated rings. The fraction of sp³-hybridized carbons (Fsp3) is 0.450. The Morgan fingerprint density at radius 2 is 2.16 bits per heavy atom. The van der Waals surface area contributed by atoms with Gasteiger partial charge in [-0.15, -0.1) is 0 Å². The third kappa shape index (κ3) is 4.27. The molecule has 0 N–H and O–H groups in total. The minimum absolute atomic E-state index is 0.0151. The van der Waals surface area contributed by atoms with Gasteiger partial charge in [-0.25, -0.2) is 0 Å². The summed E-state index contributed by atoms with van der Waals surface area (Å²) in [6, 6.07) is 9.41. The highest BCUT2D eigenvalue weighted by Crippen LogP contribution is 2.21. The molecule has 2 saturated heterocycles. The van der Waals surface area contributed by atoms with E-state index in [1.807, 2.05) is 21.9 Å². The molecular formula is C20H23N3O2. The van der Waals surface area contributed by atoms with Crippen molar-refractivity contribution in [3.63, 3.8) is 0 Å². The standard InChI is InChI=1S/C20H23N3O2/c21-14-17-6-3-5-16(13-17)9-10-20(25)23-12-2-1-7-18(23)15-22-11-4-8-19(22)24/h3,5-6,9-10,13,18H,1-2,4,7-8,11-12,15H2/b10-9+. The molecule has 3 rings (SSSR count). The molecule has 2 heterocycles. The van der Waals surface area contributed by atoms with Crippen molar-refractivity contribution in [3.8, 4) is 6.07 Å². The molecule has 0 radical (unpaired) electrons. The highest BCUT2D eigenvalue weighted by atomic mass is 16.2. The number of nitriles is 1. The van der Waals surface area contributed by atoms with E-state index < -0.39 is 0 Å². The molecule has 2 aliphatic heterocycles. The SMILES string of the molecule is N#Cc1cccc(/C=C/C(=O)N2CCCCC2CN2CCCC2=O)c1. The van der Waals surface area contributed by atoms with Crippen molar-refractivity contribution < 1.29 is 9.59 Å². The Hall–Kier alpha value is -2.61. The van der Waals surface area contributed by atoms with Crippen LogP contribution in [0.1, 0.15) is 43.2 Å². The second-order valence-corrected chi connectivity index (χ2v) is 6.70. The second kappa shape index (κ2) is 7.98. The van der Waals surface area contributed by atoms with Crippen molar-refractivity contribution in [2.75, 3.05) is 19.6 Å². The summed E-state index contributed by atoms with van der Waals surface area (Å²) in [7, 11) is 0. The Morgan fingerprint density at radius 3 is 2.92 bits per heavy atom. The molecule has 0 aliphatic carbocycles. The predicted octanol–water partition coefficient (Wildman–Crippen LogP) is 2.57. The zero-order valence-corrected chi connectivity index (χ0v) is 14.4. The molecule has 2 aliphatic rings. The highest BCUT2D eigenvalue weighted by molar-refractivity contribution is 5.92. The molecule has 0 aromatic heterocycles. The van der Waals surface area contributed by atoms with Crippen LogP contribution in [0.3, 0.4) is 0 Å². The number of hydrogen-bond donors (Lipinski definition) is 0. The summed E-state index contributed by atoms with van der Waals surface area (Å²) in [6.07, 6.45) is 7.96. The molecule has 5 nitrogen and oxygen atoms in total. The second-order valence-electron chi connectivity index (χ2n) is 6.70. The van der Waals surface area contributed by atoms with Gasteiger partial charge in [-0.1, -0.05) is 12.1 Å². The Bertz CT molecular complexity index is 720. The number of nitrogens with zero attached hydrogens (tertiary/aromatic N) is 3. The minimum atomic E-state index is -0.0151. The summed E-state index contributed by atoms with van der Waals surface area (Å²) in [5.74, 6) is 0.195. The fourth-order valence-corrected chi connectivity index (χ4v) is 3.61. The lowest BCUT2D eigenvalue weighted by atomic mass is 10.0. The molecule has 5 heteroatoms.